The molecule has 26 heavy (non-hydrogen) atoms. The number of anilines is 1. The molecule has 9 heteroatoms. The van der Waals surface area contributed by atoms with Crippen LogP contribution in [0.3, 0.4) is 0 Å². The van der Waals surface area contributed by atoms with E-state index in [2.05, 4.69) is 20.1 Å². The molecule has 0 spiro atoms. The van der Waals surface area contributed by atoms with Crippen molar-refractivity contribution in [2.75, 3.05) is 5.32 Å². The van der Waals surface area contributed by atoms with Gasteiger partial charge in [0.05, 0.1) is 11.6 Å². The molecule has 0 bridgehead atoms. The smallest absolute Gasteiger partial charge is 0.387 e. The zero-order valence-electron chi connectivity index (χ0n) is 13.3. The first-order valence-electron chi connectivity index (χ1n) is 7.48. The second-order valence-electron chi connectivity index (χ2n) is 5.27. The summed E-state index contributed by atoms with van der Waals surface area (Å²) in [4.78, 5) is 16.1. The van der Waals surface area contributed by atoms with E-state index in [1.165, 1.54) is 24.5 Å². The summed E-state index contributed by atoms with van der Waals surface area (Å²) < 4.78 is 30.4. The van der Waals surface area contributed by atoms with Crippen molar-refractivity contribution >= 4 is 23.2 Å². The number of alkyl halides is 2. The van der Waals surface area contributed by atoms with E-state index in [1.807, 2.05) is 12.1 Å². The first kappa shape index (κ1) is 17.8. The third kappa shape index (κ3) is 4.54. The molecule has 0 saturated carbocycles. The number of nitrogens with zero attached hydrogens (tertiary/aromatic N) is 3. The first-order valence-corrected chi connectivity index (χ1v) is 7.86. The lowest BCUT2D eigenvalue weighted by molar-refractivity contribution is -0.0497. The predicted octanol–water partition coefficient (Wildman–Crippen LogP) is 3.83. The van der Waals surface area contributed by atoms with Crippen molar-refractivity contribution in [1.29, 1.82) is 0 Å². The minimum atomic E-state index is -2.97. The Bertz CT molecular complexity index is 886. The monoisotopic (exact) mass is 378 g/mol. The molecule has 134 valence electrons. The van der Waals surface area contributed by atoms with Gasteiger partial charge < -0.3 is 10.1 Å². The van der Waals surface area contributed by atoms with Crippen LogP contribution in [0.2, 0.25) is 5.02 Å². The summed E-state index contributed by atoms with van der Waals surface area (Å²) in [6.45, 7) is -2.42. The first-order chi connectivity index (χ1) is 12.5. The van der Waals surface area contributed by atoms with Crippen LogP contribution in [-0.4, -0.2) is 27.3 Å². The molecule has 0 aliphatic heterocycles. The number of nitrogens with one attached hydrogen (secondary N) is 1. The van der Waals surface area contributed by atoms with Gasteiger partial charge in [0.2, 0.25) is 0 Å². The number of halogens is 3. The van der Waals surface area contributed by atoms with Crippen LogP contribution in [0.15, 0.2) is 55.1 Å². The van der Waals surface area contributed by atoms with Gasteiger partial charge in [-0.1, -0.05) is 23.7 Å². The van der Waals surface area contributed by atoms with E-state index in [9.17, 15) is 13.6 Å². The molecule has 0 aliphatic rings. The van der Waals surface area contributed by atoms with E-state index >= 15 is 0 Å². The van der Waals surface area contributed by atoms with Crippen molar-refractivity contribution in [1.82, 2.24) is 14.8 Å². The second-order valence-corrected chi connectivity index (χ2v) is 5.68. The minimum Gasteiger partial charge on any atom is -0.433 e. The SMILES string of the molecule is O=C(Nc1ccc(OC(F)F)c(Cl)c1)c1ccc(Cn2cncn2)cc1. The summed E-state index contributed by atoms with van der Waals surface area (Å²) in [6.07, 6.45) is 3.05. The van der Waals surface area contributed by atoms with Gasteiger partial charge in [-0.3, -0.25) is 4.79 Å². The number of rotatable bonds is 6. The number of amides is 1. The Hall–Kier alpha value is -3.00. The quantitative estimate of drug-likeness (QED) is 0.707. The number of hydrogen-bond donors (Lipinski definition) is 1. The van der Waals surface area contributed by atoms with Crippen LogP contribution in [0, 0.1) is 0 Å². The lowest BCUT2D eigenvalue weighted by Gasteiger charge is -2.10. The van der Waals surface area contributed by atoms with Gasteiger partial charge in [-0.05, 0) is 35.9 Å². The Morgan fingerprint density at radius 1 is 1.23 bits per heavy atom. The highest BCUT2D eigenvalue weighted by Gasteiger charge is 2.11. The van der Waals surface area contributed by atoms with Crippen molar-refractivity contribution in [3.63, 3.8) is 0 Å². The van der Waals surface area contributed by atoms with Gasteiger partial charge in [0.25, 0.3) is 5.91 Å². The van der Waals surface area contributed by atoms with Gasteiger partial charge in [0.1, 0.15) is 18.4 Å². The topological polar surface area (TPSA) is 69.0 Å². The molecule has 0 unspecified atom stereocenters. The van der Waals surface area contributed by atoms with E-state index in [4.69, 9.17) is 11.6 Å². The fourth-order valence-corrected chi connectivity index (χ4v) is 2.46. The van der Waals surface area contributed by atoms with Gasteiger partial charge >= 0.3 is 6.61 Å². The van der Waals surface area contributed by atoms with Crippen LogP contribution >= 0.6 is 11.6 Å². The molecule has 0 saturated heterocycles. The number of aromatic nitrogens is 3. The van der Waals surface area contributed by atoms with E-state index in [0.29, 0.717) is 17.8 Å². The van der Waals surface area contributed by atoms with Crippen LogP contribution in [0.4, 0.5) is 14.5 Å². The summed E-state index contributed by atoms with van der Waals surface area (Å²) in [5.74, 6) is -0.506. The summed E-state index contributed by atoms with van der Waals surface area (Å²) in [6, 6.07) is 11.0. The number of hydrogen-bond acceptors (Lipinski definition) is 4. The van der Waals surface area contributed by atoms with Gasteiger partial charge in [0, 0.05) is 11.3 Å². The zero-order chi connectivity index (χ0) is 18.5. The third-order valence-electron chi connectivity index (χ3n) is 3.43. The van der Waals surface area contributed by atoms with E-state index in [1.54, 1.807) is 23.1 Å². The van der Waals surface area contributed by atoms with E-state index in [-0.39, 0.29) is 16.7 Å². The molecular weight excluding hydrogens is 366 g/mol. The van der Waals surface area contributed by atoms with Crippen LogP contribution in [0.25, 0.3) is 0 Å². The molecule has 3 rings (SSSR count). The zero-order valence-corrected chi connectivity index (χ0v) is 14.0. The molecule has 0 fully saturated rings. The standard InChI is InChI=1S/C17H13ClF2N4O2/c18-14-7-13(5-6-15(14)26-17(19)20)23-16(25)12-3-1-11(2-4-12)8-24-10-21-9-22-24/h1-7,9-10,17H,8H2,(H,23,25). The molecule has 0 aliphatic carbocycles. The molecule has 1 aromatic heterocycles. The Morgan fingerprint density at radius 2 is 2.00 bits per heavy atom. The molecule has 0 atom stereocenters. The number of ether oxygens (including phenoxy) is 1. The number of carbonyl (C=O) groups is 1. The van der Waals surface area contributed by atoms with Gasteiger partial charge in [-0.2, -0.15) is 13.9 Å². The lowest BCUT2D eigenvalue weighted by atomic mass is 10.1. The number of carbonyl (C=O) groups excluding carboxylic acids is 1. The Balaban J connectivity index is 1.65. The van der Waals surface area contributed by atoms with E-state index in [0.717, 1.165) is 5.56 Å². The average Bonchev–Trinajstić information content (AvgIpc) is 3.10. The minimum absolute atomic E-state index is 0.0220. The average molecular weight is 379 g/mol. The highest BCUT2D eigenvalue weighted by molar-refractivity contribution is 6.32. The molecule has 6 nitrogen and oxygen atoms in total. The van der Waals surface area contributed by atoms with Crippen molar-refractivity contribution in [2.24, 2.45) is 0 Å². The summed E-state index contributed by atoms with van der Waals surface area (Å²) >= 11 is 5.87. The largest absolute Gasteiger partial charge is 0.433 e. The normalized spacial score (nSPS) is 10.8. The molecular formula is C17H13ClF2N4O2. The summed E-state index contributed by atoms with van der Waals surface area (Å²) in [5.41, 5.74) is 1.77. The summed E-state index contributed by atoms with van der Waals surface area (Å²) in [5, 5.41) is 6.64. The fourth-order valence-electron chi connectivity index (χ4n) is 2.24. The summed E-state index contributed by atoms with van der Waals surface area (Å²) in [7, 11) is 0. The van der Waals surface area contributed by atoms with Gasteiger partial charge in [-0.25, -0.2) is 9.67 Å². The molecule has 1 N–H and O–H groups in total. The fraction of sp³-hybridized carbons (Fsp3) is 0.118. The highest BCUT2D eigenvalue weighted by atomic mass is 35.5. The Kier molecular flexibility index (Phi) is 5.43. The maximum Gasteiger partial charge on any atom is 0.387 e. The Labute approximate surface area is 152 Å². The Morgan fingerprint density at radius 3 is 2.62 bits per heavy atom. The number of benzene rings is 2. The van der Waals surface area contributed by atoms with Crippen LogP contribution in [0.5, 0.6) is 5.75 Å². The highest BCUT2D eigenvalue weighted by Crippen LogP contribution is 2.29. The molecule has 1 heterocycles. The van der Waals surface area contributed by atoms with Crippen molar-refractivity contribution in [2.45, 2.75) is 13.2 Å². The van der Waals surface area contributed by atoms with Gasteiger partial charge in [0.15, 0.2) is 0 Å². The molecule has 0 radical (unpaired) electrons. The third-order valence-corrected chi connectivity index (χ3v) is 3.73. The molecule has 1 amide bonds. The maximum absolute atomic E-state index is 12.3. The second kappa shape index (κ2) is 7.92. The lowest BCUT2D eigenvalue weighted by Crippen LogP contribution is -2.12. The van der Waals surface area contributed by atoms with Crippen molar-refractivity contribution in [3.05, 3.63) is 71.3 Å². The van der Waals surface area contributed by atoms with Gasteiger partial charge in [-0.15, -0.1) is 0 Å². The van der Waals surface area contributed by atoms with Crippen LogP contribution < -0.4 is 10.1 Å². The van der Waals surface area contributed by atoms with Crippen LogP contribution in [0.1, 0.15) is 15.9 Å². The maximum atomic E-state index is 12.3. The van der Waals surface area contributed by atoms with Crippen LogP contribution in [-0.2, 0) is 6.54 Å². The predicted molar refractivity (Wildman–Crippen MR) is 91.6 cm³/mol. The van der Waals surface area contributed by atoms with E-state index < -0.39 is 6.61 Å². The molecule has 2 aromatic carbocycles. The van der Waals surface area contributed by atoms with Crippen molar-refractivity contribution < 1.29 is 18.3 Å². The van der Waals surface area contributed by atoms with Crippen molar-refractivity contribution in [3.8, 4) is 5.75 Å². The molecule has 3 aromatic rings.